The second-order valence-corrected chi connectivity index (χ2v) is 5.00. The lowest BCUT2D eigenvalue weighted by Crippen LogP contribution is -2.50. The quantitative estimate of drug-likeness (QED) is 0.411. The number of aliphatic hydroxyl groups excluding tert-OH is 1. The third-order valence-electron chi connectivity index (χ3n) is 2.58. The zero-order valence-electron chi connectivity index (χ0n) is 12.0. The number of rotatable bonds is 9. The van der Waals surface area contributed by atoms with Crippen LogP contribution in [0.2, 0.25) is 0 Å². The minimum atomic E-state index is -1.02. The van der Waals surface area contributed by atoms with Gasteiger partial charge in [-0.1, -0.05) is 27.2 Å². The summed E-state index contributed by atoms with van der Waals surface area (Å²) in [5.74, 6) is -0.754. The molecule has 6 heteroatoms. The molecule has 6 nitrogen and oxygen atoms in total. The number of amides is 1. The normalized spacial score (nSPS) is 14.0. The second-order valence-electron chi connectivity index (χ2n) is 5.00. The smallest absolute Gasteiger partial charge is 0.328 e. The largest absolute Gasteiger partial charge is 0.464 e. The van der Waals surface area contributed by atoms with E-state index >= 15 is 0 Å². The molecule has 0 heterocycles. The average molecular weight is 274 g/mol. The van der Waals surface area contributed by atoms with Crippen molar-refractivity contribution in [2.45, 2.75) is 52.1 Å². The van der Waals surface area contributed by atoms with E-state index in [4.69, 9.17) is 15.6 Å². The van der Waals surface area contributed by atoms with Crippen LogP contribution in [0, 0.1) is 5.92 Å². The molecule has 2 atom stereocenters. The van der Waals surface area contributed by atoms with E-state index in [1.165, 1.54) is 0 Å². The van der Waals surface area contributed by atoms with Crippen LogP contribution in [-0.2, 0) is 14.3 Å². The molecule has 0 fully saturated rings. The molecule has 0 aromatic rings. The Morgan fingerprint density at radius 1 is 1.37 bits per heavy atom. The number of carbonyl (C=O) groups excluding carboxylic acids is 2. The molecule has 0 saturated heterocycles. The third kappa shape index (κ3) is 7.79. The van der Waals surface area contributed by atoms with Crippen molar-refractivity contribution in [2.75, 3.05) is 13.2 Å². The molecule has 0 aromatic heterocycles. The van der Waals surface area contributed by atoms with Crippen LogP contribution in [0.5, 0.6) is 0 Å². The molecule has 0 spiro atoms. The van der Waals surface area contributed by atoms with Crippen molar-refractivity contribution in [1.29, 1.82) is 0 Å². The minimum absolute atomic E-state index is 0.231. The molecule has 1 amide bonds. The Morgan fingerprint density at radius 2 is 2.00 bits per heavy atom. The summed E-state index contributed by atoms with van der Waals surface area (Å²) in [5.41, 5.74) is 5.40. The van der Waals surface area contributed by atoms with Crippen molar-refractivity contribution in [3.63, 3.8) is 0 Å². The highest BCUT2D eigenvalue weighted by Crippen LogP contribution is 2.07. The predicted molar refractivity (Wildman–Crippen MR) is 72.3 cm³/mol. The number of ether oxygens (including phenoxy) is 1. The molecular formula is C13H26N2O4. The van der Waals surface area contributed by atoms with Crippen LogP contribution in [-0.4, -0.2) is 42.3 Å². The lowest BCUT2D eigenvalue weighted by Gasteiger charge is -2.20. The van der Waals surface area contributed by atoms with Crippen molar-refractivity contribution in [3.05, 3.63) is 0 Å². The van der Waals surface area contributed by atoms with E-state index in [0.29, 0.717) is 13.0 Å². The van der Waals surface area contributed by atoms with Gasteiger partial charge in [0.25, 0.3) is 0 Å². The number of unbranched alkanes of at least 4 members (excludes halogenated alkanes) is 1. The Kier molecular flexibility index (Phi) is 9.16. The van der Waals surface area contributed by atoms with Crippen LogP contribution in [0.15, 0.2) is 0 Å². The van der Waals surface area contributed by atoms with Crippen molar-refractivity contribution < 1.29 is 19.4 Å². The highest BCUT2D eigenvalue weighted by Gasteiger charge is 2.25. The fraction of sp³-hybridized carbons (Fsp3) is 0.846. The molecule has 0 aromatic carbocycles. The highest BCUT2D eigenvalue weighted by atomic mass is 16.5. The SMILES string of the molecule is CCCCOC(=O)[C@H](CC(C)C)NC(=O)[C@@H](N)CO. The number of esters is 1. The summed E-state index contributed by atoms with van der Waals surface area (Å²) in [6.45, 7) is 5.80. The Balaban J connectivity index is 4.44. The Labute approximate surface area is 114 Å². The van der Waals surface area contributed by atoms with Gasteiger partial charge >= 0.3 is 5.97 Å². The van der Waals surface area contributed by atoms with E-state index in [1.807, 2.05) is 20.8 Å². The van der Waals surface area contributed by atoms with Crippen molar-refractivity contribution in [3.8, 4) is 0 Å². The number of nitrogens with two attached hydrogens (primary N) is 1. The molecule has 0 saturated carbocycles. The van der Waals surface area contributed by atoms with E-state index in [9.17, 15) is 9.59 Å². The number of carbonyl (C=O) groups is 2. The Bertz CT molecular complexity index is 282. The third-order valence-corrected chi connectivity index (χ3v) is 2.58. The molecule has 112 valence electrons. The predicted octanol–water partition coefficient (Wildman–Crippen LogP) is 0.180. The first-order valence-electron chi connectivity index (χ1n) is 6.75. The van der Waals surface area contributed by atoms with Crippen molar-refractivity contribution in [2.24, 2.45) is 11.7 Å². The van der Waals surface area contributed by atoms with Crippen LogP contribution in [0.4, 0.5) is 0 Å². The molecule has 0 aliphatic heterocycles. The fourth-order valence-electron chi connectivity index (χ4n) is 1.46. The molecular weight excluding hydrogens is 248 g/mol. The van der Waals surface area contributed by atoms with Crippen LogP contribution >= 0.6 is 0 Å². The maximum Gasteiger partial charge on any atom is 0.328 e. The van der Waals surface area contributed by atoms with Crippen LogP contribution in [0.3, 0.4) is 0 Å². The summed E-state index contributed by atoms with van der Waals surface area (Å²) in [5, 5.41) is 11.3. The Hall–Kier alpha value is -1.14. The van der Waals surface area contributed by atoms with Crippen LogP contribution < -0.4 is 11.1 Å². The van der Waals surface area contributed by atoms with Gasteiger partial charge in [0.1, 0.15) is 12.1 Å². The van der Waals surface area contributed by atoms with Gasteiger partial charge in [0.05, 0.1) is 13.2 Å². The van der Waals surface area contributed by atoms with Gasteiger partial charge in [-0.05, 0) is 18.8 Å². The van der Waals surface area contributed by atoms with E-state index in [2.05, 4.69) is 5.32 Å². The van der Waals surface area contributed by atoms with E-state index in [-0.39, 0.29) is 5.92 Å². The van der Waals surface area contributed by atoms with Crippen LogP contribution in [0.25, 0.3) is 0 Å². The van der Waals surface area contributed by atoms with Crippen molar-refractivity contribution in [1.82, 2.24) is 5.32 Å². The van der Waals surface area contributed by atoms with E-state index in [0.717, 1.165) is 12.8 Å². The molecule has 0 unspecified atom stereocenters. The van der Waals surface area contributed by atoms with E-state index in [1.54, 1.807) is 0 Å². The van der Waals surface area contributed by atoms with Gasteiger partial charge in [-0.25, -0.2) is 4.79 Å². The van der Waals surface area contributed by atoms with E-state index < -0.39 is 30.6 Å². The summed E-state index contributed by atoms with van der Waals surface area (Å²) in [6, 6.07) is -1.72. The minimum Gasteiger partial charge on any atom is -0.464 e. The van der Waals surface area contributed by atoms with Gasteiger partial charge in [0.2, 0.25) is 5.91 Å². The zero-order chi connectivity index (χ0) is 14.8. The molecule has 0 bridgehead atoms. The zero-order valence-corrected chi connectivity index (χ0v) is 12.0. The monoisotopic (exact) mass is 274 g/mol. The number of hydrogen-bond donors (Lipinski definition) is 3. The van der Waals surface area contributed by atoms with Gasteiger partial charge < -0.3 is 20.9 Å². The maximum absolute atomic E-state index is 11.9. The first-order valence-corrected chi connectivity index (χ1v) is 6.75. The van der Waals surface area contributed by atoms with Gasteiger partial charge in [-0.3, -0.25) is 4.79 Å². The highest BCUT2D eigenvalue weighted by molar-refractivity contribution is 5.87. The fourth-order valence-corrected chi connectivity index (χ4v) is 1.46. The van der Waals surface area contributed by atoms with Gasteiger partial charge in [0, 0.05) is 0 Å². The summed E-state index contributed by atoms with van der Waals surface area (Å²) in [4.78, 5) is 23.5. The first kappa shape index (κ1) is 17.9. The lowest BCUT2D eigenvalue weighted by atomic mass is 10.0. The first-order chi connectivity index (χ1) is 8.92. The van der Waals surface area contributed by atoms with Gasteiger partial charge in [0.15, 0.2) is 0 Å². The standard InChI is InChI=1S/C13H26N2O4/c1-4-5-6-19-13(18)11(7-9(2)3)15-12(17)10(14)8-16/h9-11,16H,4-8,14H2,1-3H3,(H,15,17)/t10-,11-/m0/s1. The number of hydrogen-bond acceptors (Lipinski definition) is 5. The molecule has 0 rings (SSSR count). The molecule has 0 radical (unpaired) electrons. The maximum atomic E-state index is 11.9. The van der Waals surface area contributed by atoms with Gasteiger partial charge in [-0.2, -0.15) is 0 Å². The molecule has 0 aliphatic carbocycles. The number of nitrogens with one attached hydrogen (secondary N) is 1. The number of aliphatic hydroxyl groups is 1. The average Bonchev–Trinajstić information content (AvgIpc) is 2.36. The topological polar surface area (TPSA) is 102 Å². The molecule has 4 N–H and O–H groups in total. The lowest BCUT2D eigenvalue weighted by molar-refractivity contribution is -0.148. The summed E-state index contributed by atoms with van der Waals surface area (Å²) in [7, 11) is 0. The Morgan fingerprint density at radius 3 is 2.47 bits per heavy atom. The van der Waals surface area contributed by atoms with Crippen molar-refractivity contribution >= 4 is 11.9 Å². The summed E-state index contributed by atoms with van der Waals surface area (Å²) in [6.07, 6.45) is 2.21. The summed E-state index contributed by atoms with van der Waals surface area (Å²) >= 11 is 0. The summed E-state index contributed by atoms with van der Waals surface area (Å²) < 4.78 is 5.10. The van der Waals surface area contributed by atoms with Crippen LogP contribution in [0.1, 0.15) is 40.0 Å². The second kappa shape index (κ2) is 9.75. The molecule has 0 aliphatic rings. The van der Waals surface area contributed by atoms with Gasteiger partial charge in [-0.15, -0.1) is 0 Å². The molecule has 19 heavy (non-hydrogen) atoms.